The van der Waals surface area contributed by atoms with Gasteiger partial charge in [0.05, 0.1) is 13.2 Å². The average Bonchev–Trinajstić information content (AvgIpc) is 3.14. The number of carbonyl (C=O) groups is 3. The van der Waals surface area contributed by atoms with Gasteiger partial charge in [0.15, 0.2) is 6.10 Å². The fourth-order valence-corrected chi connectivity index (χ4v) is 5.91. The predicted octanol–water partition coefficient (Wildman–Crippen LogP) is 10.4. The standard InChI is InChI=1S/C42H72NO10P/c1-3-5-7-9-11-13-15-17-19-21-23-25-27-29-31-33-40(44)50-35-38(36-51-54(48,49)52-37-39(43)42(46)47)53-41(45)34-32-30-28-26-24-22-20-18-16-14-12-10-8-6-4-2/h5,7,9,11,13,15,17,19,24,26,38-39H,3-4,6,8,10,12,14,16,18,20-23,25,27-37,43H2,1-2H3,(H,46,47)(H,48,49)/b7-5+,11-9+,15-13+,19-17+,26-24+/t38-,39+/m1/s1. The Morgan fingerprint density at radius 1 is 0.593 bits per heavy atom. The number of rotatable bonds is 37. The number of unbranched alkanes of at least 4 members (excludes halogenated alkanes) is 16. The van der Waals surface area contributed by atoms with E-state index in [1.165, 1.54) is 57.8 Å². The Bertz CT molecular complexity index is 1150. The molecular weight excluding hydrogens is 709 g/mol. The summed E-state index contributed by atoms with van der Waals surface area (Å²) in [5.74, 6) is -2.44. The molecule has 0 aliphatic rings. The fraction of sp³-hybridized carbons (Fsp3) is 0.690. The Kier molecular flexibility index (Phi) is 35.2. The highest BCUT2D eigenvalue weighted by Crippen LogP contribution is 2.43. The third-order valence-corrected chi connectivity index (χ3v) is 9.29. The number of phosphoric ester groups is 1. The van der Waals surface area contributed by atoms with E-state index in [9.17, 15) is 23.8 Å². The lowest BCUT2D eigenvalue weighted by molar-refractivity contribution is -0.161. The molecule has 1 unspecified atom stereocenters. The molecule has 0 spiro atoms. The summed E-state index contributed by atoms with van der Waals surface area (Å²) in [6.07, 6.45) is 41.5. The fourth-order valence-electron chi connectivity index (χ4n) is 5.13. The van der Waals surface area contributed by atoms with Crippen molar-refractivity contribution in [1.82, 2.24) is 0 Å². The first-order valence-corrected chi connectivity index (χ1v) is 21.9. The molecule has 0 aromatic rings. The van der Waals surface area contributed by atoms with E-state index in [2.05, 4.69) is 42.7 Å². The molecule has 0 aromatic carbocycles. The van der Waals surface area contributed by atoms with Crippen molar-refractivity contribution in [3.05, 3.63) is 60.8 Å². The number of allylic oxidation sites excluding steroid dienone is 10. The monoisotopic (exact) mass is 781 g/mol. The van der Waals surface area contributed by atoms with E-state index in [0.29, 0.717) is 12.8 Å². The molecule has 0 heterocycles. The number of esters is 2. The van der Waals surface area contributed by atoms with Crippen molar-refractivity contribution in [2.75, 3.05) is 19.8 Å². The first-order chi connectivity index (χ1) is 26.1. The molecule has 0 amide bonds. The van der Waals surface area contributed by atoms with Crippen molar-refractivity contribution in [1.29, 1.82) is 0 Å². The van der Waals surface area contributed by atoms with Crippen LogP contribution in [-0.4, -0.2) is 59.9 Å². The number of carboxylic acid groups (broad SMARTS) is 1. The van der Waals surface area contributed by atoms with Crippen LogP contribution in [0, 0.1) is 0 Å². The number of carboxylic acids is 1. The quantitative estimate of drug-likeness (QED) is 0.0180. The second-order valence-corrected chi connectivity index (χ2v) is 14.9. The maximum absolute atomic E-state index is 12.6. The summed E-state index contributed by atoms with van der Waals surface area (Å²) < 4.78 is 32.6. The summed E-state index contributed by atoms with van der Waals surface area (Å²) in [5, 5.41) is 8.87. The van der Waals surface area contributed by atoms with Crippen molar-refractivity contribution < 1.29 is 47.5 Å². The van der Waals surface area contributed by atoms with E-state index in [4.69, 9.17) is 24.8 Å². The summed E-state index contributed by atoms with van der Waals surface area (Å²) in [4.78, 5) is 45.8. The maximum Gasteiger partial charge on any atom is 0.472 e. The summed E-state index contributed by atoms with van der Waals surface area (Å²) in [6, 6.07) is -1.53. The van der Waals surface area contributed by atoms with Crippen LogP contribution in [0.4, 0.5) is 0 Å². The molecule has 0 bridgehead atoms. The van der Waals surface area contributed by atoms with Crippen molar-refractivity contribution in [3.8, 4) is 0 Å². The van der Waals surface area contributed by atoms with Crippen molar-refractivity contribution in [3.63, 3.8) is 0 Å². The van der Waals surface area contributed by atoms with Gasteiger partial charge in [-0.2, -0.15) is 0 Å². The van der Waals surface area contributed by atoms with Crippen molar-refractivity contribution >= 4 is 25.7 Å². The van der Waals surface area contributed by atoms with E-state index in [1.807, 2.05) is 36.5 Å². The molecule has 0 aliphatic carbocycles. The van der Waals surface area contributed by atoms with Gasteiger partial charge in [-0.25, -0.2) is 4.57 Å². The molecule has 3 atom stereocenters. The zero-order chi connectivity index (χ0) is 40.0. The molecule has 0 aromatic heterocycles. The smallest absolute Gasteiger partial charge is 0.472 e. The molecule has 0 radical (unpaired) electrons. The lowest BCUT2D eigenvalue weighted by Gasteiger charge is -2.20. The van der Waals surface area contributed by atoms with Gasteiger partial charge in [-0.15, -0.1) is 0 Å². The van der Waals surface area contributed by atoms with Crippen LogP contribution in [0.3, 0.4) is 0 Å². The van der Waals surface area contributed by atoms with Gasteiger partial charge in [-0.1, -0.05) is 145 Å². The van der Waals surface area contributed by atoms with Crippen LogP contribution in [0.25, 0.3) is 0 Å². The molecule has 0 fully saturated rings. The number of ether oxygens (including phenoxy) is 2. The Morgan fingerprint density at radius 3 is 1.65 bits per heavy atom. The molecule has 12 heteroatoms. The van der Waals surface area contributed by atoms with Gasteiger partial charge in [0, 0.05) is 12.8 Å². The number of hydrogen-bond donors (Lipinski definition) is 3. The Morgan fingerprint density at radius 2 is 1.06 bits per heavy atom. The molecule has 11 nitrogen and oxygen atoms in total. The second-order valence-electron chi connectivity index (χ2n) is 13.5. The summed E-state index contributed by atoms with van der Waals surface area (Å²) in [6.45, 7) is 2.60. The molecule has 0 saturated heterocycles. The summed E-state index contributed by atoms with van der Waals surface area (Å²) in [7, 11) is -4.73. The third kappa shape index (κ3) is 36.2. The van der Waals surface area contributed by atoms with E-state index in [-0.39, 0.29) is 19.4 Å². The highest BCUT2D eigenvalue weighted by atomic mass is 31.2. The van der Waals surface area contributed by atoms with E-state index in [0.717, 1.165) is 57.8 Å². The predicted molar refractivity (Wildman–Crippen MR) is 217 cm³/mol. The van der Waals surface area contributed by atoms with Crippen LogP contribution in [0.5, 0.6) is 0 Å². The lowest BCUT2D eigenvalue weighted by Crippen LogP contribution is -2.34. The highest BCUT2D eigenvalue weighted by Gasteiger charge is 2.28. The molecule has 0 aliphatic heterocycles. The Labute approximate surface area is 326 Å². The molecular formula is C42H72NO10P. The molecule has 54 heavy (non-hydrogen) atoms. The van der Waals surface area contributed by atoms with E-state index in [1.54, 1.807) is 0 Å². The van der Waals surface area contributed by atoms with Gasteiger partial charge < -0.3 is 25.2 Å². The molecule has 4 N–H and O–H groups in total. The lowest BCUT2D eigenvalue weighted by atomic mass is 10.1. The van der Waals surface area contributed by atoms with Gasteiger partial charge in [0.2, 0.25) is 0 Å². The zero-order valence-corrected chi connectivity index (χ0v) is 34.2. The summed E-state index contributed by atoms with van der Waals surface area (Å²) in [5.41, 5.74) is 5.32. The number of carbonyl (C=O) groups excluding carboxylic acids is 2. The van der Waals surface area contributed by atoms with Gasteiger partial charge in [-0.05, 0) is 57.8 Å². The molecule has 0 rings (SSSR count). The minimum atomic E-state index is -4.73. The third-order valence-electron chi connectivity index (χ3n) is 8.34. The van der Waals surface area contributed by atoms with Gasteiger partial charge in [0.25, 0.3) is 0 Å². The van der Waals surface area contributed by atoms with Crippen LogP contribution < -0.4 is 5.73 Å². The topological polar surface area (TPSA) is 172 Å². The van der Waals surface area contributed by atoms with E-state index < -0.39 is 51.1 Å². The first kappa shape index (κ1) is 51.2. The minimum Gasteiger partial charge on any atom is -0.480 e. The van der Waals surface area contributed by atoms with Crippen molar-refractivity contribution in [2.24, 2.45) is 5.73 Å². The number of phosphoric acid groups is 1. The average molecular weight is 782 g/mol. The number of nitrogens with two attached hydrogens (primary N) is 1. The first-order valence-electron chi connectivity index (χ1n) is 20.4. The van der Waals surface area contributed by atoms with Crippen LogP contribution in [0.15, 0.2) is 60.8 Å². The number of hydrogen-bond acceptors (Lipinski definition) is 9. The Hall–Kier alpha value is -2.82. The normalized spacial score (nSPS) is 14.4. The van der Waals surface area contributed by atoms with Gasteiger partial charge >= 0.3 is 25.7 Å². The van der Waals surface area contributed by atoms with Crippen LogP contribution >= 0.6 is 7.82 Å². The van der Waals surface area contributed by atoms with Crippen LogP contribution in [0.1, 0.15) is 155 Å². The maximum atomic E-state index is 12.6. The van der Waals surface area contributed by atoms with Crippen LogP contribution in [-0.2, 0) is 37.5 Å². The SMILES string of the molecule is CC/C=C/C=C/C=C/C=C/CCCCCCCC(=O)OC[C@H](COP(=O)(O)OC[C@H](N)C(=O)O)OC(=O)CCCC/C=C/CCCCCCCCCCC. The number of aliphatic carboxylic acids is 1. The largest absolute Gasteiger partial charge is 0.480 e. The summed E-state index contributed by atoms with van der Waals surface area (Å²) >= 11 is 0. The molecule has 0 saturated carbocycles. The minimum absolute atomic E-state index is 0.123. The molecule has 310 valence electrons. The van der Waals surface area contributed by atoms with E-state index >= 15 is 0 Å². The second kappa shape index (κ2) is 37.1. The zero-order valence-electron chi connectivity index (χ0n) is 33.3. The Balaban J connectivity index is 4.48. The van der Waals surface area contributed by atoms with Crippen molar-refractivity contribution in [2.45, 2.75) is 167 Å². The van der Waals surface area contributed by atoms with Crippen LogP contribution in [0.2, 0.25) is 0 Å². The highest BCUT2D eigenvalue weighted by molar-refractivity contribution is 7.47. The van der Waals surface area contributed by atoms with Gasteiger partial charge in [0.1, 0.15) is 12.6 Å². The van der Waals surface area contributed by atoms with Gasteiger partial charge in [-0.3, -0.25) is 23.4 Å².